The lowest BCUT2D eigenvalue weighted by molar-refractivity contribution is -0.120. The average Bonchev–Trinajstić information content (AvgIpc) is 2.52. The maximum absolute atomic E-state index is 12.8. The van der Waals surface area contributed by atoms with Crippen molar-refractivity contribution in [2.75, 3.05) is 13.2 Å². The maximum Gasteiger partial charge on any atom is 0.233 e. The molecule has 0 fully saturated rings. The van der Waals surface area contributed by atoms with Crippen molar-refractivity contribution < 1.29 is 13.9 Å². The molecule has 2 aromatic rings. The average molecular weight is 289 g/mol. The Bertz CT molecular complexity index is 585. The highest BCUT2D eigenvalue weighted by atomic mass is 19.1. The minimum Gasteiger partial charge on any atom is -0.475 e. The number of halogens is 1. The van der Waals surface area contributed by atoms with Crippen LogP contribution >= 0.6 is 0 Å². The number of carbonyl (C=O) groups is 1. The SMILES string of the molecule is CCC(=O)NCCOc1ccc(-c2ccc(F)cc2)nn1. The molecule has 1 aromatic heterocycles. The summed E-state index contributed by atoms with van der Waals surface area (Å²) >= 11 is 0. The zero-order chi connectivity index (χ0) is 15.1. The van der Waals surface area contributed by atoms with Crippen LogP contribution in [0.2, 0.25) is 0 Å². The number of hydrogen-bond acceptors (Lipinski definition) is 4. The lowest BCUT2D eigenvalue weighted by atomic mass is 10.1. The van der Waals surface area contributed by atoms with Crippen LogP contribution in [0.25, 0.3) is 11.3 Å². The first-order chi connectivity index (χ1) is 10.2. The van der Waals surface area contributed by atoms with Crippen molar-refractivity contribution in [2.45, 2.75) is 13.3 Å². The van der Waals surface area contributed by atoms with Crippen LogP contribution in [-0.4, -0.2) is 29.3 Å². The van der Waals surface area contributed by atoms with E-state index in [1.54, 1.807) is 31.2 Å². The van der Waals surface area contributed by atoms with Crippen LogP contribution in [0.4, 0.5) is 4.39 Å². The number of benzene rings is 1. The smallest absolute Gasteiger partial charge is 0.233 e. The number of ether oxygens (including phenoxy) is 1. The van der Waals surface area contributed by atoms with E-state index in [0.29, 0.717) is 31.1 Å². The Kier molecular flexibility index (Phi) is 5.20. The highest BCUT2D eigenvalue weighted by Crippen LogP contribution is 2.17. The molecule has 6 heteroatoms. The molecule has 1 amide bonds. The van der Waals surface area contributed by atoms with Crippen molar-refractivity contribution in [1.82, 2.24) is 15.5 Å². The van der Waals surface area contributed by atoms with Crippen LogP contribution in [0.1, 0.15) is 13.3 Å². The van der Waals surface area contributed by atoms with Gasteiger partial charge < -0.3 is 10.1 Å². The predicted molar refractivity (Wildman–Crippen MR) is 76.2 cm³/mol. The fourth-order valence-electron chi connectivity index (χ4n) is 1.64. The normalized spacial score (nSPS) is 10.2. The van der Waals surface area contributed by atoms with Gasteiger partial charge in [0.05, 0.1) is 12.2 Å². The summed E-state index contributed by atoms with van der Waals surface area (Å²) in [7, 11) is 0. The van der Waals surface area contributed by atoms with Crippen molar-refractivity contribution in [2.24, 2.45) is 0 Å². The molecule has 1 heterocycles. The monoisotopic (exact) mass is 289 g/mol. The molecule has 1 aromatic carbocycles. The summed E-state index contributed by atoms with van der Waals surface area (Å²) in [6, 6.07) is 9.46. The van der Waals surface area contributed by atoms with E-state index >= 15 is 0 Å². The van der Waals surface area contributed by atoms with Gasteiger partial charge in [-0.25, -0.2) is 4.39 Å². The first-order valence-corrected chi connectivity index (χ1v) is 6.68. The third kappa shape index (κ3) is 4.52. The number of nitrogens with one attached hydrogen (secondary N) is 1. The molecule has 2 rings (SSSR count). The van der Waals surface area contributed by atoms with Gasteiger partial charge in [0.1, 0.15) is 12.4 Å². The number of nitrogens with zero attached hydrogens (tertiary/aromatic N) is 2. The Morgan fingerprint density at radius 3 is 2.57 bits per heavy atom. The molecule has 0 atom stereocenters. The molecule has 1 N–H and O–H groups in total. The second-order valence-electron chi connectivity index (χ2n) is 4.32. The summed E-state index contributed by atoms with van der Waals surface area (Å²) in [5, 5.41) is 10.7. The van der Waals surface area contributed by atoms with E-state index in [-0.39, 0.29) is 11.7 Å². The third-order valence-corrected chi connectivity index (χ3v) is 2.78. The Balaban J connectivity index is 1.87. The van der Waals surface area contributed by atoms with E-state index in [2.05, 4.69) is 15.5 Å². The lowest BCUT2D eigenvalue weighted by Crippen LogP contribution is -2.27. The van der Waals surface area contributed by atoms with Gasteiger partial charge in [0, 0.05) is 18.1 Å². The second-order valence-corrected chi connectivity index (χ2v) is 4.32. The van der Waals surface area contributed by atoms with Gasteiger partial charge in [-0.3, -0.25) is 4.79 Å². The van der Waals surface area contributed by atoms with Crippen LogP contribution in [0.5, 0.6) is 5.88 Å². The van der Waals surface area contributed by atoms with Crippen molar-refractivity contribution in [1.29, 1.82) is 0 Å². The molecule has 0 aliphatic heterocycles. The molecule has 0 saturated heterocycles. The number of hydrogen-bond donors (Lipinski definition) is 1. The van der Waals surface area contributed by atoms with Crippen molar-refractivity contribution in [3.8, 4) is 17.1 Å². The third-order valence-electron chi connectivity index (χ3n) is 2.78. The molecule has 0 aliphatic rings. The molecule has 0 radical (unpaired) electrons. The standard InChI is InChI=1S/C15H16FN3O2/c1-2-14(20)17-9-10-21-15-8-7-13(18-19-15)11-3-5-12(16)6-4-11/h3-8H,2,9-10H2,1H3,(H,17,20). The Labute approximate surface area is 122 Å². The van der Waals surface area contributed by atoms with E-state index in [0.717, 1.165) is 5.56 Å². The fourth-order valence-corrected chi connectivity index (χ4v) is 1.64. The number of rotatable bonds is 6. The van der Waals surface area contributed by atoms with E-state index in [9.17, 15) is 9.18 Å². The van der Waals surface area contributed by atoms with Gasteiger partial charge in [0.2, 0.25) is 11.8 Å². The van der Waals surface area contributed by atoms with Gasteiger partial charge in [-0.2, -0.15) is 0 Å². The van der Waals surface area contributed by atoms with Crippen molar-refractivity contribution in [3.05, 3.63) is 42.2 Å². The summed E-state index contributed by atoms with van der Waals surface area (Å²) < 4.78 is 18.2. The predicted octanol–water partition coefficient (Wildman–Crippen LogP) is 2.19. The van der Waals surface area contributed by atoms with E-state index in [1.165, 1.54) is 12.1 Å². The molecular weight excluding hydrogens is 273 g/mol. The zero-order valence-electron chi connectivity index (χ0n) is 11.7. The van der Waals surface area contributed by atoms with E-state index in [1.807, 2.05) is 0 Å². The van der Waals surface area contributed by atoms with Crippen LogP contribution in [-0.2, 0) is 4.79 Å². The highest BCUT2D eigenvalue weighted by Gasteiger charge is 2.02. The molecule has 0 bridgehead atoms. The maximum atomic E-state index is 12.8. The second kappa shape index (κ2) is 7.33. The zero-order valence-corrected chi connectivity index (χ0v) is 11.7. The fraction of sp³-hybridized carbons (Fsp3) is 0.267. The first kappa shape index (κ1) is 14.9. The first-order valence-electron chi connectivity index (χ1n) is 6.68. The van der Waals surface area contributed by atoms with Gasteiger partial charge in [-0.05, 0) is 30.3 Å². The lowest BCUT2D eigenvalue weighted by Gasteiger charge is -2.06. The van der Waals surface area contributed by atoms with E-state index < -0.39 is 0 Å². The Morgan fingerprint density at radius 1 is 1.19 bits per heavy atom. The highest BCUT2D eigenvalue weighted by molar-refractivity contribution is 5.75. The van der Waals surface area contributed by atoms with Crippen LogP contribution in [0.3, 0.4) is 0 Å². The van der Waals surface area contributed by atoms with Gasteiger partial charge >= 0.3 is 0 Å². The topological polar surface area (TPSA) is 64.1 Å². The Morgan fingerprint density at radius 2 is 1.95 bits per heavy atom. The van der Waals surface area contributed by atoms with Crippen molar-refractivity contribution in [3.63, 3.8) is 0 Å². The molecule has 110 valence electrons. The number of aromatic nitrogens is 2. The van der Waals surface area contributed by atoms with Gasteiger partial charge in [-0.15, -0.1) is 10.2 Å². The van der Waals surface area contributed by atoms with Gasteiger partial charge in [0.15, 0.2) is 0 Å². The molecule has 0 saturated carbocycles. The minimum absolute atomic E-state index is 0.0173. The van der Waals surface area contributed by atoms with Crippen LogP contribution in [0.15, 0.2) is 36.4 Å². The van der Waals surface area contributed by atoms with Gasteiger partial charge in [-0.1, -0.05) is 6.92 Å². The summed E-state index contributed by atoms with van der Waals surface area (Å²) in [4.78, 5) is 11.0. The molecule has 21 heavy (non-hydrogen) atoms. The molecule has 5 nitrogen and oxygen atoms in total. The molecule has 0 spiro atoms. The molecule has 0 aliphatic carbocycles. The molecule has 0 unspecified atom stereocenters. The summed E-state index contributed by atoms with van der Waals surface area (Å²) in [5.41, 5.74) is 1.42. The van der Waals surface area contributed by atoms with E-state index in [4.69, 9.17) is 4.74 Å². The quantitative estimate of drug-likeness (QED) is 0.828. The summed E-state index contributed by atoms with van der Waals surface area (Å²) in [6.45, 7) is 2.54. The van der Waals surface area contributed by atoms with Gasteiger partial charge in [0.25, 0.3) is 0 Å². The van der Waals surface area contributed by atoms with Crippen LogP contribution in [0, 0.1) is 5.82 Å². The number of amides is 1. The largest absolute Gasteiger partial charge is 0.475 e. The summed E-state index contributed by atoms with van der Waals surface area (Å²) in [6.07, 6.45) is 0.451. The molecular formula is C15H16FN3O2. The number of carbonyl (C=O) groups excluding carboxylic acids is 1. The summed E-state index contributed by atoms with van der Waals surface area (Å²) in [5.74, 6) is 0.0729. The minimum atomic E-state index is -0.291. The van der Waals surface area contributed by atoms with Crippen LogP contribution < -0.4 is 10.1 Å². The van der Waals surface area contributed by atoms with Crippen molar-refractivity contribution >= 4 is 5.91 Å². The Hall–Kier alpha value is -2.50.